The van der Waals surface area contributed by atoms with Gasteiger partial charge in [0.05, 0.1) is 15.7 Å². The molecule has 0 aliphatic carbocycles. The summed E-state index contributed by atoms with van der Waals surface area (Å²) in [7, 11) is 10.6. The summed E-state index contributed by atoms with van der Waals surface area (Å²) in [6.07, 6.45) is 3.24. The van der Waals surface area contributed by atoms with Crippen LogP contribution in [-0.4, -0.2) is 15.7 Å². The molecular formula is C30H59B2N. The molecule has 190 valence electrons. The number of rotatable bonds is 3. The second kappa shape index (κ2) is 23.8. The molecule has 0 unspecified atom stereocenters. The fraction of sp³-hybridized carbons (Fsp3) is 0.667. The lowest BCUT2D eigenvalue weighted by molar-refractivity contribution is 0.654. The lowest BCUT2D eigenvalue weighted by Gasteiger charge is -2.16. The van der Waals surface area contributed by atoms with E-state index in [1.807, 2.05) is 76.2 Å². The van der Waals surface area contributed by atoms with Crippen LogP contribution in [0, 0.1) is 27.7 Å². The summed E-state index contributed by atoms with van der Waals surface area (Å²) in [6.45, 7) is 38.6. The SMILES string of the molecule is C=C(C)/C(C)=C/c1c(C)c(C)c(C)c(N)c1C.CC.CC.CC.[B]C(C)(C)CC.[B]C(C)C. The average molecular weight is 455 g/mol. The minimum Gasteiger partial charge on any atom is -0.398 e. The minimum absolute atomic E-state index is 0.0417. The largest absolute Gasteiger partial charge is 0.398 e. The Morgan fingerprint density at radius 2 is 1.18 bits per heavy atom. The van der Waals surface area contributed by atoms with Crippen LogP contribution in [0.25, 0.3) is 6.08 Å². The van der Waals surface area contributed by atoms with Crippen molar-refractivity contribution < 1.29 is 0 Å². The molecule has 0 saturated heterocycles. The molecule has 0 amide bonds. The maximum absolute atomic E-state index is 6.15. The zero-order valence-corrected chi connectivity index (χ0v) is 25.8. The van der Waals surface area contributed by atoms with Crippen molar-refractivity contribution >= 4 is 27.5 Å². The first-order chi connectivity index (χ1) is 15.1. The molecule has 1 aromatic rings. The van der Waals surface area contributed by atoms with Gasteiger partial charge < -0.3 is 5.73 Å². The summed E-state index contributed by atoms with van der Waals surface area (Å²) in [4.78, 5) is 0. The Kier molecular flexibility index (Phi) is 30.2. The van der Waals surface area contributed by atoms with Crippen molar-refractivity contribution in [3.8, 4) is 0 Å². The molecular weight excluding hydrogens is 396 g/mol. The second-order valence-corrected chi connectivity index (χ2v) is 8.52. The van der Waals surface area contributed by atoms with Crippen molar-refractivity contribution in [3.63, 3.8) is 0 Å². The van der Waals surface area contributed by atoms with Gasteiger partial charge in [-0.05, 0) is 74.9 Å². The van der Waals surface area contributed by atoms with Gasteiger partial charge in [0.1, 0.15) is 0 Å². The molecule has 1 nitrogen and oxygen atoms in total. The lowest BCUT2D eigenvalue weighted by atomic mass is 9.71. The van der Waals surface area contributed by atoms with Gasteiger partial charge in [-0.15, -0.1) is 0 Å². The van der Waals surface area contributed by atoms with Crippen LogP contribution in [0.3, 0.4) is 0 Å². The first kappa shape index (κ1) is 41.8. The zero-order chi connectivity index (χ0) is 28.1. The predicted octanol–water partition coefficient (Wildman–Crippen LogP) is 10.3. The third kappa shape index (κ3) is 22.2. The van der Waals surface area contributed by atoms with Gasteiger partial charge in [-0.25, -0.2) is 0 Å². The number of anilines is 1. The Labute approximate surface area is 213 Å². The smallest absolute Gasteiger partial charge is 0.0738 e. The van der Waals surface area contributed by atoms with Crippen LogP contribution in [0.15, 0.2) is 17.7 Å². The van der Waals surface area contributed by atoms with Gasteiger partial charge in [0.15, 0.2) is 0 Å². The molecule has 0 aliphatic rings. The van der Waals surface area contributed by atoms with Crippen LogP contribution in [0.2, 0.25) is 11.1 Å². The van der Waals surface area contributed by atoms with E-state index >= 15 is 0 Å². The van der Waals surface area contributed by atoms with Crippen LogP contribution in [0.1, 0.15) is 124 Å². The molecule has 4 radical (unpaired) electrons. The quantitative estimate of drug-likeness (QED) is 0.274. The molecule has 1 aromatic carbocycles. The van der Waals surface area contributed by atoms with Crippen molar-refractivity contribution in [2.45, 2.75) is 135 Å². The third-order valence-corrected chi connectivity index (χ3v) is 4.69. The van der Waals surface area contributed by atoms with E-state index in [4.69, 9.17) is 21.4 Å². The van der Waals surface area contributed by atoms with Crippen LogP contribution in [0.4, 0.5) is 5.69 Å². The van der Waals surface area contributed by atoms with Gasteiger partial charge in [-0.3, -0.25) is 0 Å². The first-order valence-corrected chi connectivity index (χ1v) is 12.8. The molecule has 0 atom stereocenters. The lowest BCUT2D eigenvalue weighted by Crippen LogP contribution is -2.02. The molecule has 3 heteroatoms. The molecule has 0 heterocycles. The number of hydrogen-bond acceptors (Lipinski definition) is 1. The molecule has 0 aromatic heterocycles. The van der Waals surface area contributed by atoms with E-state index in [9.17, 15) is 0 Å². The number of allylic oxidation sites excluding steroid dienone is 2. The van der Waals surface area contributed by atoms with Gasteiger partial charge in [0.25, 0.3) is 0 Å². The van der Waals surface area contributed by atoms with Crippen molar-refractivity contribution in [1.82, 2.24) is 0 Å². The molecule has 33 heavy (non-hydrogen) atoms. The van der Waals surface area contributed by atoms with E-state index in [1.54, 1.807) is 0 Å². The molecule has 0 fully saturated rings. The van der Waals surface area contributed by atoms with Gasteiger partial charge in [0, 0.05) is 5.69 Å². The van der Waals surface area contributed by atoms with Gasteiger partial charge in [-0.1, -0.05) is 112 Å². The molecule has 0 saturated carbocycles. The van der Waals surface area contributed by atoms with Crippen molar-refractivity contribution in [3.05, 3.63) is 45.5 Å². The fourth-order valence-electron chi connectivity index (χ4n) is 1.95. The third-order valence-electron chi connectivity index (χ3n) is 4.69. The molecule has 0 aliphatic heterocycles. The van der Waals surface area contributed by atoms with Crippen LogP contribution in [-0.2, 0) is 0 Å². The van der Waals surface area contributed by atoms with E-state index < -0.39 is 0 Å². The highest BCUT2D eigenvalue weighted by Crippen LogP contribution is 2.30. The number of nitrogens with two attached hydrogens (primary N) is 1. The second-order valence-electron chi connectivity index (χ2n) is 8.52. The average Bonchev–Trinajstić information content (AvgIpc) is 2.77. The highest BCUT2D eigenvalue weighted by molar-refractivity contribution is 6.14. The Balaban J connectivity index is -0.000000135. The molecule has 1 rings (SSSR count). The summed E-state index contributed by atoms with van der Waals surface area (Å²) in [6, 6.07) is 0. The highest BCUT2D eigenvalue weighted by atomic mass is 14.6. The van der Waals surface area contributed by atoms with Gasteiger partial charge in [0.2, 0.25) is 0 Å². The van der Waals surface area contributed by atoms with E-state index in [1.165, 1.54) is 33.4 Å². The van der Waals surface area contributed by atoms with E-state index in [0.717, 1.165) is 17.7 Å². The minimum atomic E-state index is 0.0417. The Morgan fingerprint density at radius 3 is 1.42 bits per heavy atom. The summed E-state index contributed by atoms with van der Waals surface area (Å²) in [5.41, 5.74) is 15.6. The van der Waals surface area contributed by atoms with Crippen LogP contribution in [0.5, 0.6) is 0 Å². The summed E-state index contributed by atoms with van der Waals surface area (Å²) in [5, 5.41) is 0.0417. The molecule has 0 bridgehead atoms. The van der Waals surface area contributed by atoms with Crippen molar-refractivity contribution in [1.29, 1.82) is 0 Å². The highest BCUT2D eigenvalue weighted by Gasteiger charge is 2.11. The van der Waals surface area contributed by atoms with Crippen molar-refractivity contribution in [2.24, 2.45) is 0 Å². The summed E-state index contributed by atoms with van der Waals surface area (Å²) >= 11 is 0. The number of hydrogen-bond donors (Lipinski definition) is 1. The van der Waals surface area contributed by atoms with Crippen molar-refractivity contribution in [2.75, 3.05) is 5.73 Å². The summed E-state index contributed by atoms with van der Waals surface area (Å²) in [5.74, 6) is 0.333. The Morgan fingerprint density at radius 1 is 0.879 bits per heavy atom. The maximum atomic E-state index is 6.15. The van der Waals surface area contributed by atoms with E-state index in [-0.39, 0.29) is 5.31 Å². The zero-order valence-electron chi connectivity index (χ0n) is 25.8. The van der Waals surface area contributed by atoms with Crippen LogP contribution < -0.4 is 5.73 Å². The molecule has 2 N–H and O–H groups in total. The van der Waals surface area contributed by atoms with Crippen LogP contribution >= 0.6 is 0 Å². The maximum Gasteiger partial charge on any atom is 0.0738 e. The topological polar surface area (TPSA) is 26.0 Å². The summed E-state index contributed by atoms with van der Waals surface area (Å²) < 4.78 is 0. The normalized spacial score (nSPS) is 9.82. The van der Waals surface area contributed by atoms with E-state index in [0.29, 0.717) is 5.82 Å². The van der Waals surface area contributed by atoms with Gasteiger partial charge >= 0.3 is 0 Å². The monoisotopic (exact) mass is 455 g/mol. The predicted molar refractivity (Wildman–Crippen MR) is 163 cm³/mol. The number of benzene rings is 1. The molecule has 0 spiro atoms. The Bertz CT molecular complexity index is 616. The Hall–Kier alpha value is -1.37. The standard InChI is InChI=1S/C16H23N.C5H11B.C3H7B.3C2H6/c1-9(2)10(3)8-15-12(5)11(4)13(6)16(17)14(15)7;1-4-5(2,3)6;1-3(2)4;3*1-2/h8H,1,17H2,2-7H3;4H2,1-3H3;3H,1-2H3;3*1-2H3/b10-8+;;;;;. The first-order valence-electron chi connectivity index (χ1n) is 12.8. The van der Waals surface area contributed by atoms with Gasteiger partial charge in [-0.2, -0.15) is 0 Å². The number of nitrogen functional groups attached to an aromatic ring is 1. The fourth-order valence-corrected chi connectivity index (χ4v) is 1.95. The van der Waals surface area contributed by atoms with E-state index in [2.05, 4.69) is 54.2 Å².